The Morgan fingerprint density at radius 1 is 1.35 bits per heavy atom. The molecule has 23 heavy (non-hydrogen) atoms. The molecular formula is C18H27N3O2. The summed E-state index contributed by atoms with van der Waals surface area (Å²) in [6, 6.07) is 5.07. The van der Waals surface area contributed by atoms with Crippen molar-refractivity contribution >= 4 is 11.8 Å². The highest BCUT2D eigenvalue weighted by molar-refractivity contribution is 5.96. The number of pyridine rings is 1. The summed E-state index contributed by atoms with van der Waals surface area (Å²) in [7, 11) is 0. The summed E-state index contributed by atoms with van der Waals surface area (Å²) in [6.07, 6.45) is 3.12. The molecule has 5 nitrogen and oxygen atoms in total. The first-order valence-electron chi connectivity index (χ1n) is 8.52. The molecule has 1 N–H and O–H groups in total. The lowest BCUT2D eigenvalue weighted by Gasteiger charge is -2.30. The average Bonchev–Trinajstić information content (AvgIpc) is 2.54. The highest BCUT2D eigenvalue weighted by Crippen LogP contribution is 2.17. The Morgan fingerprint density at radius 2 is 2.09 bits per heavy atom. The van der Waals surface area contributed by atoms with Gasteiger partial charge in [0.05, 0.1) is 0 Å². The summed E-state index contributed by atoms with van der Waals surface area (Å²) in [5, 5.41) is 2.86. The molecule has 1 atom stereocenters. The normalized spacial score (nSPS) is 18.1. The standard InChI is InChI=1S/C18H27N3O2/c1-13(2)9-10-19-17(22)15-7-4-8-16(20-15)18(23)21-11-5-6-14(3)12-21/h4,7-8,13-14H,5-6,9-12H2,1-3H3,(H,19,22). The predicted octanol–water partition coefficient (Wildman–Crippen LogP) is 2.73. The number of piperidine rings is 1. The van der Waals surface area contributed by atoms with Crippen LogP contribution in [-0.2, 0) is 0 Å². The van der Waals surface area contributed by atoms with E-state index in [0.717, 1.165) is 32.4 Å². The maximum atomic E-state index is 12.6. The van der Waals surface area contributed by atoms with Gasteiger partial charge >= 0.3 is 0 Å². The molecule has 2 rings (SSSR count). The maximum absolute atomic E-state index is 12.6. The Labute approximate surface area is 138 Å². The van der Waals surface area contributed by atoms with Gasteiger partial charge < -0.3 is 10.2 Å². The first-order chi connectivity index (χ1) is 11.0. The average molecular weight is 317 g/mol. The summed E-state index contributed by atoms with van der Waals surface area (Å²) >= 11 is 0. The van der Waals surface area contributed by atoms with E-state index >= 15 is 0 Å². The van der Waals surface area contributed by atoms with E-state index in [-0.39, 0.29) is 11.8 Å². The zero-order valence-electron chi connectivity index (χ0n) is 14.3. The molecule has 1 aliphatic heterocycles. The number of nitrogens with zero attached hydrogens (tertiary/aromatic N) is 2. The van der Waals surface area contributed by atoms with Crippen LogP contribution in [0.1, 0.15) is 61.0 Å². The molecule has 0 radical (unpaired) electrons. The van der Waals surface area contributed by atoms with Crippen LogP contribution in [0.15, 0.2) is 18.2 Å². The van der Waals surface area contributed by atoms with E-state index in [4.69, 9.17) is 0 Å². The first kappa shape index (κ1) is 17.4. The third-order valence-corrected chi connectivity index (χ3v) is 4.15. The molecule has 1 unspecified atom stereocenters. The summed E-state index contributed by atoms with van der Waals surface area (Å²) in [5.74, 6) is 0.771. The Kier molecular flexibility index (Phi) is 6.13. The quantitative estimate of drug-likeness (QED) is 0.908. The van der Waals surface area contributed by atoms with Crippen molar-refractivity contribution in [3.8, 4) is 0 Å². The van der Waals surface area contributed by atoms with Crippen molar-refractivity contribution in [2.24, 2.45) is 11.8 Å². The van der Waals surface area contributed by atoms with Crippen LogP contribution in [0.5, 0.6) is 0 Å². The second-order valence-electron chi connectivity index (χ2n) is 6.85. The van der Waals surface area contributed by atoms with Gasteiger partial charge in [0.2, 0.25) is 0 Å². The first-order valence-corrected chi connectivity index (χ1v) is 8.52. The van der Waals surface area contributed by atoms with E-state index in [1.807, 2.05) is 4.90 Å². The van der Waals surface area contributed by atoms with Gasteiger partial charge in [0, 0.05) is 19.6 Å². The third kappa shape index (κ3) is 5.05. The number of rotatable bonds is 5. The predicted molar refractivity (Wildman–Crippen MR) is 90.3 cm³/mol. The largest absolute Gasteiger partial charge is 0.351 e. The molecule has 1 aromatic rings. The Bertz CT molecular complexity index is 557. The van der Waals surface area contributed by atoms with Crippen LogP contribution in [0.4, 0.5) is 0 Å². The monoisotopic (exact) mass is 317 g/mol. The molecule has 2 heterocycles. The molecule has 0 aromatic carbocycles. The number of aromatic nitrogens is 1. The van der Waals surface area contributed by atoms with Crippen molar-refractivity contribution in [3.05, 3.63) is 29.6 Å². The number of nitrogens with one attached hydrogen (secondary N) is 1. The molecular weight excluding hydrogens is 290 g/mol. The maximum Gasteiger partial charge on any atom is 0.272 e. The van der Waals surface area contributed by atoms with Crippen molar-refractivity contribution in [2.75, 3.05) is 19.6 Å². The van der Waals surface area contributed by atoms with E-state index in [0.29, 0.717) is 29.8 Å². The highest BCUT2D eigenvalue weighted by Gasteiger charge is 2.23. The molecule has 1 fully saturated rings. The molecule has 1 saturated heterocycles. The van der Waals surface area contributed by atoms with Gasteiger partial charge in [-0.2, -0.15) is 0 Å². The van der Waals surface area contributed by atoms with Crippen LogP contribution >= 0.6 is 0 Å². The summed E-state index contributed by atoms with van der Waals surface area (Å²) < 4.78 is 0. The topological polar surface area (TPSA) is 62.3 Å². The van der Waals surface area contributed by atoms with Gasteiger partial charge in [-0.1, -0.05) is 26.8 Å². The minimum Gasteiger partial charge on any atom is -0.351 e. The van der Waals surface area contributed by atoms with Crippen molar-refractivity contribution in [2.45, 2.75) is 40.0 Å². The van der Waals surface area contributed by atoms with Crippen LogP contribution in [0.2, 0.25) is 0 Å². The number of carbonyl (C=O) groups is 2. The van der Waals surface area contributed by atoms with E-state index in [1.165, 1.54) is 0 Å². The summed E-state index contributed by atoms with van der Waals surface area (Å²) in [5.41, 5.74) is 0.667. The minimum absolute atomic E-state index is 0.0756. The van der Waals surface area contributed by atoms with E-state index < -0.39 is 0 Å². The Balaban J connectivity index is 2.01. The second kappa shape index (κ2) is 8.09. The van der Waals surface area contributed by atoms with Gasteiger partial charge in [0.15, 0.2) is 0 Å². The number of likely N-dealkylation sites (tertiary alicyclic amines) is 1. The van der Waals surface area contributed by atoms with Crippen LogP contribution in [0.25, 0.3) is 0 Å². The summed E-state index contributed by atoms with van der Waals surface area (Å²) in [6.45, 7) is 8.55. The molecule has 0 aliphatic carbocycles. The third-order valence-electron chi connectivity index (χ3n) is 4.15. The second-order valence-corrected chi connectivity index (χ2v) is 6.85. The van der Waals surface area contributed by atoms with Gasteiger partial charge in [-0.25, -0.2) is 4.98 Å². The lowest BCUT2D eigenvalue weighted by molar-refractivity contribution is 0.0677. The molecule has 0 saturated carbocycles. The van der Waals surface area contributed by atoms with Crippen molar-refractivity contribution in [1.29, 1.82) is 0 Å². The summed E-state index contributed by atoms with van der Waals surface area (Å²) in [4.78, 5) is 30.8. The van der Waals surface area contributed by atoms with Gasteiger partial charge in [0.25, 0.3) is 11.8 Å². The molecule has 5 heteroatoms. The van der Waals surface area contributed by atoms with E-state index in [9.17, 15) is 9.59 Å². The lowest BCUT2D eigenvalue weighted by atomic mass is 10.00. The van der Waals surface area contributed by atoms with Crippen LogP contribution in [0.3, 0.4) is 0 Å². The molecule has 126 valence electrons. The smallest absolute Gasteiger partial charge is 0.272 e. The van der Waals surface area contributed by atoms with Crippen molar-refractivity contribution in [3.63, 3.8) is 0 Å². The SMILES string of the molecule is CC(C)CCNC(=O)c1cccc(C(=O)N2CCCC(C)C2)n1. The molecule has 0 bridgehead atoms. The van der Waals surface area contributed by atoms with Crippen molar-refractivity contribution in [1.82, 2.24) is 15.2 Å². The number of carbonyl (C=O) groups excluding carboxylic acids is 2. The number of hydrogen-bond donors (Lipinski definition) is 1. The fraction of sp³-hybridized carbons (Fsp3) is 0.611. The van der Waals surface area contributed by atoms with Gasteiger partial charge in [-0.15, -0.1) is 0 Å². The van der Waals surface area contributed by atoms with E-state index in [2.05, 4.69) is 31.1 Å². The number of hydrogen-bond acceptors (Lipinski definition) is 3. The van der Waals surface area contributed by atoms with Crippen LogP contribution in [0, 0.1) is 11.8 Å². The highest BCUT2D eigenvalue weighted by atomic mass is 16.2. The van der Waals surface area contributed by atoms with Gasteiger partial charge in [-0.3, -0.25) is 9.59 Å². The zero-order valence-corrected chi connectivity index (χ0v) is 14.3. The Morgan fingerprint density at radius 3 is 2.78 bits per heavy atom. The minimum atomic E-state index is -0.215. The molecule has 1 aromatic heterocycles. The van der Waals surface area contributed by atoms with E-state index in [1.54, 1.807) is 18.2 Å². The van der Waals surface area contributed by atoms with Gasteiger partial charge in [0.1, 0.15) is 11.4 Å². The van der Waals surface area contributed by atoms with Gasteiger partial charge in [-0.05, 0) is 43.2 Å². The molecule has 2 amide bonds. The fourth-order valence-electron chi connectivity index (χ4n) is 2.78. The van der Waals surface area contributed by atoms with Crippen LogP contribution < -0.4 is 5.32 Å². The fourth-order valence-corrected chi connectivity index (χ4v) is 2.78. The van der Waals surface area contributed by atoms with Crippen molar-refractivity contribution < 1.29 is 9.59 Å². The Hall–Kier alpha value is -1.91. The molecule has 0 spiro atoms. The lowest BCUT2D eigenvalue weighted by Crippen LogP contribution is -2.39. The van der Waals surface area contributed by atoms with Crippen LogP contribution in [-0.4, -0.2) is 41.3 Å². The molecule has 1 aliphatic rings. The number of amides is 2. The zero-order chi connectivity index (χ0) is 16.8.